The Balaban J connectivity index is 2.07. The summed E-state index contributed by atoms with van der Waals surface area (Å²) in [5.41, 5.74) is 9.00. The summed E-state index contributed by atoms with van der Waals surface area (Å²) >= 11 is 3.54. The van der Waals surface area contributed by atoms with Crippen LogP contribution in [0.25, 0.3) is 10.9 Å². The van der Waals surface area contributed by atoms with E-state index in [1.54, 1.807) is 13.3 Å². The zero-order valence-corrected chi connectivity index (χ0v) is 13.9. The van der Waals surface area contributed by atoms with E-state index in [1.807, 2.05) is 12.1 Å². The quantitative estimate of drug-likeness (QED) is 0.902. The van der Waals surface area contributed by atoms with Gasteiger partial charge in [0.1, 0.15) is 0 Å². The van der Waals surface area contributed by atoms with Gasteiger partial charge in [0, 0.05) is 30.1 Å². The number of hydrogen-bond donors (Lipinski definition) is 1. The molecule has 2 N–H and O–H groups in total. The zero-order chi connectivity index (χ0) is 15.0. The smallest absolute Gasteiger partial charge is 0.0772 e. The largest absolute Gasteiger partial charge is 0.396 e. The molecule has 1 aromatic carbocycles. The molecule has 2 aromatic rings. The summed E-state index contributed by atoms with van der Waals surface area (Å²) in [7, 11) is 1.79. The third kappa shape index (κ3) is 2.72. The lowest BCUT2D eigenvalue weighted by atomic mass is 9.95. The third-order valence-electron chi connectivity index (χ3n) is 4.34. The van der Waals surface area contributed by atoms with Gasteiger partial charge < -0.3 is 15.4 Å². The highest BCUT2D eigenvalue weighted by atomic mass is 79.9. The first-order valence-electron chi connectivity index (χ1n) is 7.21. The number of hydrogen-bond acceptors (Lipinski definition) is 4. The van der Waals surface area contributed by atoms with Crippen molar-refractivity contribution >= 4 is 38.2 Å². The van der Waals surface area contributed by atoms with Gasteiger partial charge in [-0.25, -0.2) is 0 Å². The second kappa shape index (κ2) is 5.81. The van der Waals surface area contributed by atoms with Gasteiger partial charge in [-0.05, 0) is 30.5 Å². The summed E-state index contributed by atoms with van der Waals surface area (Å²) in [5, 5.41) is 1.09. The van der Waals surface area contributed by atoms with E-state index in [0.29, 0.717) is 5.92 Å². The molecule has 0 aliphatic carbocycles. The van der Waals surface area contributed by atoms with Crippen LogP contribution in [0.2, 0.25) is 0 Å². The van der Waals surface area contributed by atoms with Gasteiger partial charge in [0.05, 0.1) is 29.2 Å². The average molecular weight is 350 g/mol. The van der Waals surface area contributed by atoms with Crippen molar-refractivity contribution in [2.75, 3.05) is 30.8 Å². The average Bonchev–Trinajstić information content (AvgIpc) is 2.48. The minimum Gasteiger partial charge on any atom is -0.396 e. The third-order valence-corrected chi connectivity index (χ3v) is 4.83. The van der Waals surface area contributed by atoms with Gasteiger partial charge in [-0.15, -0.1) is 0 Å². The van der Waals surface area contributed by atoms with Crippen LogP contribution in [0.3, 0.4) is 0 Å². The van der Waals surface area contributed by atoms with Crippen LogP contribution in [0.5, 0.6) is 0 Å². The number of benzene rings is 1. The van der Waals surface area contributed by atoms with Crippen LogP contribution in [-0.4, -0.2) is 31.3 Å². The number of nitrogens with zero attached hydrogens (tertiary/aromatic N) is 2. The molecule has 0 bridgehead atoms. The summed E-state index contributed by atoms with van der Waals surface area (Å²) in [6, 6.07) is 6.11. The Bertz CT molecular complexity index is 656. The van der Waals surface area contributed by atoms with Crippen LogP contribution < -0.4 is 10.6 Å². The molecular formula is C16H20BrN3O. The lowest BCUT2D eigenvalue weighted by molar-refractivity contribution is 0.0499. The molecule has 21 heavy (non-hydrogen) atoms. The molecule has 4 nitrogen and oxygen atoms in total. The molecule has 1 aromatic heterocycles. The zero-order valence-electron chi connectivity index (χ0n) is 12.3. The van der Waals surface area contributed by atoms with Crippen molar-refractivity contribution in [3.8, 4) is 0 Å². The first-order chi connectivity index (χ1) is 10.1. The Morgan fingerprint density at radius 2 is 2.24 bits per heavy atom. The Morgan fingerprint density at radius 1 is 1.43 bits per heavy atom. The predicted octanol–water partition coefficient (Wildman–Crippen LogP) is 3.44. The molecule has 0 radical (unpaired) electrons. The summed E-state index contributed by atoms with van der Waals surface area (Å²) in [4.78, 5) is 6.76. The van der Waals surface area contributed by atoms with Gasteiger partial charge in [0.2, 0.25) is 0 Å². The van der Waals surface area contributed by atoms with E-state index in [4.69, 9.17) is 10.5 Å². The summed E-state index contributed by atoms with van der Waals surface area (Å²) in [5.74, 6) is 0.576. The molecule has 2 unspecified atom stereocenters. The van der Waals surface area contributed by atoms with E-state index in [-0.39, 0.29) is 6.10 Å². The Morgan fingerprint density at radius 3 is 3.00 bits per heavy atom. The summed E-state index contributed by atoms with van der Waals surface area (Å²) in [6.07, 6.45) is 3.11. The highest BCUT2D eigenvalue weighted by Crippen LogP contribution is 2.35. The van der Waals surface area contributed by atoms with Crippen LogP contribution >= 0.6 is 15.9 Å². The van der Waals surface area contributed by atoms with E-state index in [2.05, 4.69) is 38.8 Å². The Kier molecular flexibility index (Phi) is 4.04. The minimum absolute atomic E-state index is 0.244. The fraction of sp³-hybridized carbons (Fsp3) is 0.438. The van der Waals surface area contributed by atoms with Gasteiger partial charge in [0.15, 0.2) is 0 Å². The van der Waals surface area contributed by atoms with Crippen molar-refractivity contribution in [3.05, 3.63) is 28.9 Å². The Hall–Kier alpha value is -1.33. The molecule has 1 aliphatic heterocycles. The van der Waals surface area contributed by atoms with Crippen molar-refractivity contribution in [2.45, 2.75) is 19.4 Å². The minimum atomic E-state index is 0.244. The van der Waals surface area contributed by atoms with Gasteiger partial charge in [-0.1, -0.05) is 22.9 Å². The number of ether oxygens (including phenoxy) is 1. The topological polar surface area (TPSA) is 51.4 Å². The molecule has 2 atom stereocenters. The van der Waals surface area contributed by atoms with Crippen molar-refractivity contribution < 1.29 is 4.74 Å². The number of fused-ring (bicyclic) bond motifs is 1. The molecule has 1 fully saturated rings. The summed E-state index contributed by atoms with van der Waals surface area (Å²) < 4.78 is 6.66. The molecule has 0 amide bonds. The van der Waals surface area contributed by atoms with Gasteiger partial charge in [-0.3, -0.25) is 4.98 Å². The number of aromatic nitrogens is 1. The number of anilines is 2. The first-order valence-corrected chi connectivity index (χ1v) is 8.01. The normalized spacial score (nSPS) is 22.7. The van der Waals surface area contributed by atoms with Crippen LogP contribution in [-0.2, 0) is 4.74 Å². The number of rotatable bonds is 2. The van der Waals surface area contributed by atoms with Crippen molar-refractivity contribution in [2.24, 2.45) is 5.92 Å². The predicted molar refractivity (Wildman–Crippen MR) is 90.6 cm³/mol. The standard InChI is InChI=1S/C16H20BrN3O/c1-10-5-6-20(9-15(10)21-2)16-12-7-11(17)3-4-14(12)19-8-13(16)18/h3-4,7-8,10,15H,5-6,9,18H2,1-2H3. The summed E-state index contributed by atoms with van der Waals surface area (Å²) in [6.45, 7) is 4.11. The lowest BCUT2D eigenvalue weighted by Gasteiger charge is -2.38. The fourth-order valence-corrected chi connectivity index (χ4v) is 3.42. The first kappa shape index (κ1) is 14.6. The maximum atomic E-state index is 6.23. The SMILES string of the molecule is COC1CN(c2c(N)cnc3ccc(Br)cc23)CCC1C. The maximum absolute atomic E-state index is 6.23. The van der Waals surface area contributed by atoms with Crippen LogP contribution in [0.15, 0.2) is 28.9 Å². The highest BCUT2D eigenvalue weighted by molar-refractivity contribution is 9.10. The molecule has 2 heterocycles. The molecule has 3 rings (SSSR count). The van der Waals surface area contributed by atoms with Crippen LogP contribution in [0.4, 0.5) is 11.4 Å². The molecule has 1 aliphatic rings. The van der Waals surface area contributed by atoms with Crippen molar-refractivity contribution in [1.82, 2.24) is 4.98 Å². The number of nitrogen functional groups attached to an aromatic ring is 1. The van der Waals surface area contributed by atoms with Crippen LogP contribution in [0, 0.1) is 5.92 Å². The van der Waals surface area contributed by atoms with Gasteiger partial charge >= 0.3 is 0 Å². The molecule has 0 spiro atoms. The maximum Gasteiger partial charge on any atom is 0.0772 e. The van der Waals surface area contributed by atoms with Gasteiger partial charge in [-0.2, -0.15) is 0 Å². The van der Waals surface area contributed by atoms with E-state index in [1.165, 1.54) is 0 Å². The number of halogens is 1. The Labute approximate surface area is 133 Å². The van der Waals surface area contributed by atoms with E-state index >= 15 is 0 Å². The van der Waals surface area contributed by atoms with Crippen molar-refractivity contribution in [1.29, 1.82) is 0 Å². The molecule has 112 valence electrons. The number of pyridine rings is 1. The van der Waals surface area contributed by atoms with Crippen LogP contribution in [0.1, 0.15) is 13.3 Å². The second-order valence-electron chi connectivity index (χ2n) is 5.71. The number of methoxy groups -OCH3 is 1. The van der Waals surface area contributed by atoms with E-state index in [0.717, 1.165) is 46.3 Å². The lowest BCUT2D eigenvalue weighted by Crippen LogP contribution is -2.44. The van der Waals surface area contributed by atoms with E-state index < -0.39 is 0 Å². The number of piperidine rings is 1. The molecule has 1 saturated heterocycles. The van der Waals surface area contributed by atoms with Crippen molar-refractivity contribution in [3.63, 3.8) is 0 Å². The molecular weight excluding hydrogens is 330 g/mol. The van der Waals surface area contributed by atoms with E-state index in [9.17, 15) is 0 Å². The number of nitrogens with two attached hydrogens (primary N) is 1. The highest BCUT2D eigenvalue weighted by Gasteiger charge is 2.28. The second-order valence-corrected chi connectivity index (χ2v) is 6.63. The monoisotopic (exact) mass is 349 g/mol. The fourth-order valence-electron chi connectivity index (χ4n) is 3.06. The van der Waals surface area contributed by atoms with Gasteiger partial charge in [0.25, 0.3) is 0 Å². The molecule has 5 heteroatoms. The molecule has 0 saturated carbocycles.